The molecule has 2 aromatic carbocycles. The molecule has 0 saturated heterocycles. The monoisotopic (exact) mass is 581 g/mol. The van der Waals surface area contributed by atoms with Crippen molar-refractivity contribution < 1.29 is 22.7 Å². The highest BCUT2D eigenvalue weighted by Gasteiger charge is 2.56. The van der Waals surface area contributed by atoms with Gasteiger partial charge in [0.05, 0.1) is 23.9 Å². The first-order valence-electron chi connectivity index (χ1n) is 11.6. The average molecular weight is 582 g/mol. The van der Waals surface area contributed by atoms with Gasteiger partial charge in [-0.15, -0.1) is 6.58 Å². The topological polar surface area (TPSA) is 41.3 Å². The van der Waals surface area contributed by atoms with Gasteiger partial charge in [-0.2, -0.15) is 18.3 Å². The first kappa shape index (κ1) is 30.3. The number of allylic oxidation sites excluding steroid dienone is 4. The van der Waals surface area contributed by atoms with E-state index in [0.29, 0.717) is 28.7 Å². The normalized spacial score (nSPS) is 14.7. The van der Waals surface area contributed by atoms with E-state index in [1.807, 2.05) is 31.0 Å². The molecule has 37 heavy (non-hydrogen) atoms. The minimum Gasteiger partial charge on any atom is -0.375 e. The molecule has 0 radical (unpaired) electrons. The molecule has 2 unspecified atom stereocenters. The number of aliphatic hydroxyl groups is 1. The first-order chi connectivity index (χ1) is 17.5. The fraction of sp³-hybridized carbons (Fsp3) is 0.321. The lowest BCUT2D eigenvalue weighted by atomic mass is 9.90. The van der Waals surface area contributed by atoms with Gasteiger partial charge in [0.1, 0.15) is 5.82 Å². The third-order valence-corrected chi connectivity index (χ3v) is 6.06. The second-order valence-corrected chi connectivity index (χ2v) is 8.42. The van der Waals surface area contributed by atoms with Crippen molar-refractivity contribution in [2.45, 2.75) is 45.0 Å². The lowest BCUT2D eigenvalue weighted by Crippen LogP contribution is -2.52. The van der Waals surface area contributed by atoms with Crippen LogP contribution in [0.5, 0.6) is 0 Å². The van der Waals surface area contributed by atoms with Crippen molar-refractivity contribution in [3.63, 3.8) is 0 Å². The predicted molar refractivity (Wildman–Crippen MR) is 145 cm³/mol. The molecule has 3 rings (SSSR count). The second kappa shape index (κ2) is 13.1. The van der Waals surface area contributed by atoms with Crippen molar-refractivity contribution in [1.29, 1.82) is 0 Å². The Morgan fingerprint density at radius 1 is 1.19 bits per heavy atom. The molecular formula is C28H32BrF4N3O. The molecule has 1 N–H and O–H groups in total. The van der Waals surface area contributed by atoms with Gasteiger partial charge in [-0.05, 0) is 75.0 Å². The van der Waals surface area contributed by atoms with Gasteiger partial charge in [-0.25, -0.2) is 9.07 Å². The molecule has 1 aromatic heterocycles. The maximum Gasteiger partial charge on any atom is 0.423 e. The average Bonchev–Trinajstić information content (AvgIpc) is 3.31. The van der Waals surface area contributed by atoms with E-state index < -0.39 is 30.2 Å². The van der Waals surface area contributed by atoms with Crippen molar-refractivity contribution in [1.82, 2.24) is 14.7 Å². The highest BCUT2D eigenvalue weighted by molar-refractivity contribution is 9.08. The Hall–Kier alpha value is -2.91. The first-order valence-corrected chi connectivity index (χ1v) is 13.2. The zero-order valence-corrected chi connectivity index (χ0v) is 22.9. The maximum atomic E-state index is 14.4. The van der Waals surface area contributed by atoms with E-state index in [4.69, 9.17) is 0 Å². The van der Waals surface area contributed by atoms with Crippen LogP contribution in [0.1, 0.15) is 32.8 Å². The molecule has 0 amide bonds. The van der Waals surface area contributed by atoms with E-state index in [0.717, 1.165) is 0 Å². The summed E-state index contributed by atoms with van der Waals surface area (Å²) >= 11 is 2.94. The third kappa shape index (κ3) is 6.90. The Labute approximate surface area is 223 Å². The number of aromatic nitrogens is 2. The Bertz CT molecular complexity index is 1230. The minimum absolute atomic E-state index is 0.293. The number of fused-ring (bicyclic) bond motifs is 1. The van der Waals surface area contributed by atoms with E-state index in [2.05, 4.69) is 27.6 Å². The lowest BCUT2D eigenvalue weighted by Gasteiger charge is -2.39. The van der Waals surface area contributed by atoms with Gasteiger partial charge in [-0.1, -0.05) is 46.3 Å². The molecule has 0 aliphatic heterocycles. The number of alkyl halides is 4. The number of hydrogen-bond donors (Lipinski definition) is 1. The number of halogens is 5. The molecule has 4 nitrogen and oxygen atoms in total. The molecule has 2 atom stereocenters. The van der Waals surface area contributed by atoms with Crippen LogP contribution in [0.4, 0.5) is 17.6 Å². The van der Waals surface area contributed by atoms with Crippen LogP contribution < -0.4 is 0 Å². The molecule has 3 aromatic rings. The van der Waals surface area contributed by atoms with Crippen LogP contribution in [-0.2, 0) is 5.60 Å². The molecule has 0 aliphatic carbocycles. The van der Waals surface area contributed by atoms with E-state index in [1.165, 1.54) is 58.2 Å². The minimum atomic E-state index is -4.95. The van der Waals surface area contributed by atoms with Gasteiger partial charge in [0.2, 0.25) is 5.60 Å². The van der Waals surface area contributed by atoms with Crippen molar-refractivity contribution in [2.75, 3.05) is 12.4 Å². The smallest absolute Gasteiger partial charge is 0.375 e. The van der Waals surface area contributed by atoms with Gasteiger partial charge < -0.3 is 10.0 Å². The fourth-order valence-electron chi connectivity index (χ4n) is 3.88. The maximum absolute atomic E-state index is 14.4. The molecule has 9 heteroatoms. The standard InChI is InChI=1S/C27H29F4N3O.CH3Br/c1-5-7-8-9-20(4)33(19(3)6-2)18-26(35,27(29,30)31)22-10-15-25-21(16-22)17-32-34(25)24-13-11-23(28)12-14-24;1-2/h5-7,9-17,19,35H,2,8,18H2,1,3-4H3;1H3/b7-5-,20-9-;. The zero-order chi connectivity index (χ0) is 27.8. The Morgan fingerprint density at radius 2 is 1.84 bits per heavy atom. The summed E-state index contributed by atoms with van der Waals surface area (Å²) in [6, 6.07) is 9.20. The molecule has 0 bridgehead atoms. The summed E-state index contributed by atoms with van der Waals surface area (Å²) in [4.78, 5) is 1.50. The molecule has 200 valence electrons. The molecule has 1 heterocycles. The van der Waals surface area contributed by atoms with Gasteiger partial charge >= 0.3 is 6.18 Å². The summed E-state index contributed by atoms with van der Waals surface area (Å²) in [5.41, 5.74) is -1.75. The van der Waals surface area contributed by atoms with Gasteiger partial charge in [0, 0.05) is 17.1 Å². The van der Waals surface area contributed by atoms with Crippen LogP contribution >= 0.6 is 15.9 Å². The van der Waals surface area contributed by atoms with E-state index in [1.54, 1.807) is 19.9 Å². The van der Waals surface area contributed by atoms with Crippen molar-refractivity contribution in [2.24, 2.45) is 0 Å². The van der Waals surface area contributed by atoms with Crippen molar-refractivity contribution in [3.05, 3.63) is 96.6 Å². The molecule has 0 spiro atoms. The summed E-state index contributed by atoms with van der Waals surface area (Å²) in [5.74, 6) is 1.41. The van der Waals surface area contributed by atoms with Crippen LogP contribution in [0.2, 0.25) is 0 Å². The summed E-state index contributed by atoms with van der Waals surface area (Å²) < 4.78 is 58.0. The highest BCUT2D eigenvalue weighted by atomic mass is 79.9. The highest BCUT2D eigenvalue weighted by Crippen LogP contribution is 2.41. The van der Waals surface area contributed by atoms with E-state index >= 15 is 0 Å². The summed E-state index contributed by atoms with van der Waals surface area (Å²) in [5, 5.41) is 15.8. The van der Waals surface area contributed by atoms with Crippen LogP contribution in [-0.4, -0.2) is 44.4 Å². The number of nitrogens with zero attached hydrogens (tertiary/aromatic N) is 3. The van der Waals surface area contributed by atoms with Crippen LogP contribution in [0.3, 0.4) is 0 Å². The number of rotatable bonds is 9. The Morgan fingerprint density at radius 3 is 2.41 bits per heavy atom. The van der Waals surface area contributed by atoms with Crippen molar-refractivity contribution >= 4 is 26.8 Å². The molecule has 0 fully saturated rings. The number of benzene rings is 2. The van der Waals surface area contributed by atoms with E-state index in [9.17, 15) is 22.7 Å². The molecular weight excluding hydrogens is 550 g/mol. The molecule has 0 saturated carbocycles. The fourth-order valence-corrected chi connectivity index (χ4v) is 3.88. The third-order valence-electron chi connectivity index (χ3n) is 6.06. The Balaban J connectivity index is 0.00000235. The Kier molecular flexibility index (Phi) is 10.7. The van der Waals surface area contributed by atoms with Gasteiger partial charge in [-0.3, -0.25) is 0 Å². The SMILES string of the molecule is C=CC(C)N(CC(O)(c1ccc2c(cnn2-c2ccc(F)cc2)c1)C(F)(F)F)/C(C)=C\C/C=C\C.CBr. The predicted octanol–water partition coefficient (Wildman–Crippen LogP) is 7.67. The van der Waals surface area contributed by atoms with Crippen LogP contribution in [0.15, 0.2) is 85.2 Å². The largest absolute Gasteiger partial charge is 0.423 e. The summed E-state index contributed by atoms with van der Waals surface area (Å²) in [7, 11) is 0. The summed E-state index contributed by atoms with van der Waals surface area (Å²) in [6.45, 7) is 8.33. The van der Waals surface area contributed by atoms with E-state index in [-0.39, 0.29) is 5.56 Å². The van der Waals surface area contributed by atoms with Gasteiger partial charge in [0.25, 0.3) is 0 Å². The van der Waals surface area contributed by atoms with Crippen molar-refractivity contribution in [3.8, 4) is 5.69 Å². The summed E-state index contributed by atoms with van der Waals surface area (Å²) in [6.07, 6.45) is 4.14. The number of hydrogen-bond acceptors (Lipinski definition) is 3. The zero-order valence-electron chi connectivity index (χ0n) is 21.3. The lowest BCUT2D eigenvalue weighted by molar-refractivity contribution is -0.271. The van der Waals surface area contributed by atoms with Crippen LogP contribution in [0.25, 0.3) is 16.6 Å². The molecule has 0 aliphatic rings. The van der Waals surface area contributed by atoms with Gasteiger partial charge in [0.15, 0.2) is 0 Å². The quantitative estimate of drug-likeness (QED) is 0.160. The second-order valence-electron chi connectivity index (χ2n) is 8.42. The van der Waals surface area contributed by atoms with Crippen LogP contribution in [0, 0.1) is 5.82 Å².